The molecule has 3 N–H and O–H groups in total. The summed E-state index contributed by atoms with van der Waals surface area (Å²) in [6, 6.07) is 0. The SMILES string of the molecule is CNC(O)(NC)C(C)C. The maximum absolute atomic E-state index is 9.48. The highest BCUT2D eigenvalue weighted by Gasteiger charge is 2.25. The van der Waals surface area contributed by atoms with Gasteiger partial charge in [-0.2, -0.15) is 0 Å². The van der Waals surface area contributed by atoms with Crippen molar-refractivity contribution in [2.75, 3.05) is 14.1 Å². The monoisotopic (exact) mass is 132 g/mol. The molecule has 9 heavy (non-hydrogen) atoms. The second-order valence-electron chi connectivity index (χ2n) is 2.42. The standard InChI is InChI=1S/C6H16N2O/c1-5(2)6(9,7-3)8-4/h5,7-9H,1-4H3. The minimum atomic E-state index is -0.917. The second kappa shape index (κ2) is 3.15. The molecule has 0 aliphatic carbocycles. The van der Waals surface area contributed by atoms with E-state index in [2.05, 4.69) is 10.6 Å². The Morgan fingerprint density at radius 1 is 1.22 bits per heavy atom. The molecule has 0 aromatic rings. The van der Waals surface area contributed by atoms with E-state index in [9.17, 15) is 5.11 Å². The molecule has 0 spiro atoms. The molecule has 0 atom stereocenters. The van der Waals surface area contributed by atoms with Gasteiger partial charge in [-0.15, -0.1) is 0 Å². The zero-order valence-electron chi connectivity index (χ0n) is 6.52. The molecule has 3 nitrogen and oxygen atoms in total. The number of nitrogens with one attached hydrogen (secondary N) is 2. The predicted octanol–water partition coefficient (Wildman–Crippen LogP) is -0.273. The summed E-state index contributed by atoms with van der Waals surface area (Å²) in [5.74, 6) is -0.757. The highest BCUT2D eigenvalue weighted by molar-refractivity contribution is 4.71. The smallest absolute Gasteiger partial charge is 0.173 e. The van der Waals surface area contributed by atoms with Gasteiger partial charge in [0.25, 0.3) is 0 Å². The Bertz CT molecular complexity index is 79.1. The van der Waals surface area contributed by atoms with E-state index in [-0.39, 0.29) is 5.92 Å². The van der Waals surface area contributed by atoms with Crippen LogP contribution >= 0.6 is 0 Å². The van der Waals surface area contributed by atoms with Crippen molar-refractivity contribution in [3.8, 4) is 0 Å². The van der Waals surface area contributed by atoms with Gasteiger partial charge in [0.05, 0.1) is 0 Å². The van der Waals surface area contributed by atoms with Crippen LogP contribution in [0.1, 0.15) is 13.8 Å². The van der Waals surface area contributed by atoms with Crippen molar-refractivity contribution in [3.05, 3.63) is 0 Å². The van der Waals surface area contributed by atoms with E-state index in [1.54, 1.807) is 14.1 Å². The Labute approximate surface area is 56.5 Å². The lowest BCUT2D eigenvalue weighted by molar-refractivity contribution is -0.0557. The summed E-state index contributed by atoms with van der Waals surface area (Å²) >= 11 is 0. The van der Waals surface area contributed by atoms with E-state index in [4.69, 9.17) is 0 Å². The molecule has 0 aliphatic heterocycles. The van der Waals surface area contributed by atoms with Crippen LogP contribution < -0.4 is 10.6 Å². The molecule has 0 unspecified atom stereocenters. The molecule has 0 bridgehead atoms. The summed E-state index contributed by atoms with van der Waals surface area (Å²) < 4.78 is 0. The van der Waals surface area contributed by atoms with Crippen LogP contribution in [-0.4, -0.2) is 25.1 Å². The van der Waals surface area contributed by atoms with Crippen LogP contribution in [0.2, 0.25) is 0 Å². The number of aliphatic hydroxyl groups is 1. The number of rotatable bonds is 3. The minimum absolute atomic E-state index is 0.160. The summed E-state index contributed by atoms with van der Waals surface area (Å²) in [6.07, 6.45) is 0. The molecule has 0 heterocycles. The molecule has 0 aliphatic rings. The molecule has 0 saturated carbocycles. The highest BCUT2D eigenvalue weighted by atomic mass is 16.3. The van der Waals surface area contributed by atoms with Gasteiger partial charge in [-0.1, -0.05) is 13.8 Å². The van der Waals surface area contributed by atoms with Crippen molar-refractivity contribution in [1.29, 1.82) is 0 Å². The van der Waals surface area contributed by atoms with Gasteiger partial charge in [0.2, 0.25) is 0 Å². The van der Waals surface area contributed by atoms with Crippen LogP contribution in [0.25, 0.3) is 0 Å². The molecule has 0 radical (unpaired) electrons. The molecular formula is C6H16N2O. The van der Waals surface area contributed by atoms with E-state index in [1.165, 1.54) is 0 Å². The minimum Gasteiger partial charge on any atom is -0.363 e. The molecular weight excluding hydrogens is 116 g/mol. The quantitative estimate of drug-likeness (QED) is 0.463. The van der Waals surface area contributed by atoms with Crippen molar-refractivity contribution in [3.63, 3.8) is 0 Å². The van der Waals surface area contributed by atoms with E-state index in [0.717, 1.165) is 0 Å². The normalized spacial score (nSPS) is 12.7. The Balaban J connectivity index is 3.92. The van der Waals surface area contributed by atoms with Crippen molar-refractivity contribution in [1.82, 2.24) is 10.6 Å². The third-order valence-corrected chi connectivity index (χ3v) is 1.60. The van der Waals surface area contributed by atoms with Crippen LogP contribution in [0.5, 0.6) is 0 Å². The molecule has 0 rings (SSSR count). The van der Waals surface area contributed by atoms with Crippen LogP contribution in [0.15, 0.2) is 0 Å². The van der Waals surface area contributed by atoms with Gasteiger partial charge in [-0.3, -0.25) is 10.6 Å². The first-order chi connectivity index (χ1) is 4.06. The summed E-state index contributed by atoms with van der Waals surface area (Å²) in [6.45, 7) is 3.88. The Morgan fingerprint density at radius 2 is 1.56 bits per heavy atom. The average Bonchev–Trinajstić information content (AvgIpc) is 1.86. The van der Waals surface area contributed by atoms with E-state index < -0.39 is 5.85 Å². The fourth-order valence-corrected chi connectivity index (χ4v) is 0.702. The van der Waals surface area contributed by atoms with E-state index in [0.29, 0.717) is 0 Å². The summed E-state index contributed by atoms with van der Waals surface area (Å²) in [7, 11) is 3.44. The maximum atomic E-state index is 9.48. The van der Waals surface area contributed by atoms with Gasteiger partial charge in [-0.25, -0.2) is 0 Å². The van der Waals surface area contributed by atoms with E-state index >= 15 is 0 Å². The molecule has 0 aromatic heterocycles. The van der Waals surface area contributed by atoms with Crippen LogP contribution in [0, 0.1) is 5.92 Å². The second-order valence-corrected chi connectivity index (χ2v) is 2.42. The first kappa shape index (κ1) is 8.88. The molecule has 56 valence electrons. The van der Waals surface area contributed by atoms with Crippen LogP contribution in [0.4, 0.5) is 0 Å². The van der Waals surface area contributed by atoms with Crippen molar-refractivity contribution in [2.24, 2.45) is 5.92 Å². The fourth-order valence-electron chi connectivity index (χ4n) is 0.702. The largest absolute Gasteiger partial charge is 0.363 e. The lowest BCUT2D eigenvalue weighted by Crippen LogP contribution is -2.57. The first-order valence-corrected chi connectivity index (χ1v) is 3.17. The molecule has 0 aromatic carbocycles. The van der Waals surface area contributed by atoms with Crippen LogP contribution in [-0.2, 0) is 0 Å². The van der Waals surface area contributed by atoms with E-state index in [1.807, 2.05) is 13.8 Å². The first-order valence-electron chi connectivity index (χ1n) is 3.17. The zero-order chi connectivity index (χ0) is 7.49. The molecule has 0 amide bonds. The Morgan fingerprint density at radius 3 is 1.56 bits per heavy atom. The summed E-state index contributed by atoms with van der Waals surface area (Å²) in [4.78, 5) is 0. The molecule has 3 heteroatoms. The van der Waals surface area contributed by atoms with Crippen molar-refractivity contribution in [2.45, 2.75) is 19.7 Å². The highest BCUT2D eigenvalue weighted by Crippen LogP contribution is 2.07. The van der Waals surface area contributed by atoms with Gasteiger partial charge < -0.3 is 5.11 Å². The third kappa shape index (κ3) is 1.93. The Hall–Kier alpha value is -0.120. The zero-order valence-corrected chi connectivity index (χ0v) is 6.52. The van der Waals surface area contributed by atoms with Gasteiger partial charge >= 0.3 is 0 Å². The van der Waals surface area contributed by atoms with Gasteiger partial charge in [0, 0.05) is 5.92 Å². The Kier molecular flexibility index (Phi) is 3.11. The van der Waals surface area contributed by atoms with Crippen molar-refractivity contribution >= 4 is 0 Å². The van der Waals surface area contributed by atoms with Crippen LogP contribution in [0.3, 0.4) is 0 Å². The average molecular weight is 132 g/mol. The lowest BCUT2D eigenvalue weighted by atomic mass is 10.1. The number of hydrogen-bond donors (Lipinski definition) is 3. The van der Waals surface area contributed by atoms with Crippen molar-refractivity contribution < 1.29 is 5.11 Å². The lowest BCUT2D eigenvalue weighted by Gasteiger charge is -2.30. The summed E-state index contributed by atoms with van der Waals surface area (Å²) in [5, 5.41) is 15.0. The van der Waals surface area contributed by atoms with Gasteiger partial charge in [0.1, 0.15) is 0 Å². The van der Waals surface area contributed by atoms with Gasteiger partial charge in [-0.05, 0) is 14.1 Å². The predicted molar refractivity (Wildman–Crippen MR) is 37.9 cm³/mol. The number of hydrogen-bond acceptors (Lipinski definition) is 3. The summed E-state index contributed by atoms with van der Waals surface area (Å²) in [5.41, 5.74) is 0. The molecule has 0 saturated heterocycles. The third-order valence-electron chi connectivity index (χ3n) is 1.60. The maximum Gasteiger partial charge on any atom is 0.173 e. The molecule has 0 fully saturated rings. The van der Waals surface area contributed by atoms with Gasteiger partial charge in [0.15, 0.2) is 5.85 Å². The topological polar surface area (TPSA) is 44.3 Å². The fraction of sp³-hybridized carbons (Fsp3) is 1.00.